The Labute approximate surface area is 257 Å². The molecular weight excluding hydrogens is 572 g/mol. The van der Waals surface area contributed by atoms with E-state index < -0.39 is 29.7 Å². The summed E-state index contributed by atoms with van der Waals surface area (Å²) < 4.78 is 39.9. The van der Waals surface area contributed by atoms with Crippen molar-refractivity contribution in [1.82, 2.24) is 10.0 Å². The third-order valence-corrected chi connectivity index (χ3v) is 7.12. The summed E-state index contributed by atoms with van der Waals surface area (Å²) in [7, 11) is 5.72. The monoisotopic (exact) mass is 612 g/mol. The van der Waals surface area contributed by atoms with Crippen LogP contribution in [0.3, 0.4) is 0 Å². The number of hydrogen-bond donors (Lipinski definition) is 0. The highest BCUT2D eigenvalue weighted by molar-refractivity contribution is 6.10. The van der Waals surface area contributed by atoms with Crippen LogP contribution in [-0.4, -0.2) is 75.4 Å². The van der Waals surface area contributed by atoms with E-state index in [9.17, 15) is 14.4 Å². The topological polar surface area (TPSA) is 122 Å². The summed E-state index contributed by atoms with van der Waals surface area (Å²) in [6.07, 6.45) is 1.22. The number of ether oxygens (including phenoxy) is 7. The molecule has 0 saturated heterocycles. The second kappa shape index (κ2) is 13.5. The molecule has 3 aliphatic rings. The number of Topliss-reactive ketones (excluding diaryl/α,β-unsaturated/α-hetero) is 1. The fourth-order valence-corrected chi connectivity index (χ4v) is 4.98. The van der Waals surface area contributed by atoms with Crippen molar-refractivity contribution in [1.29, 1.82) is 0 Å². The van der Waals surface area contributed by atoms with Crippen molar-refractivity contribution < 1.29 is 47.5 Å². The van der Waals surface area contributed by atoms with Gasteiger partial charge in [-0.25, -0.2) is 9.59 Å². The Hall–Kier alpha value is -4.45. The average Bonchev–Trinajstić information content (AvgIpc) is 3.20. The molecule has 12 heteroatoms. The third-order valence-electron chi connectivity index (χ3n) is 7.12. The van der Waals surface area contributed by atoms with E-state index in [4.69, 9.17) is 33.2 Å². The van der Waals surface area contributed by atoms with Gasteiger partial charge in [0, 0.05) is 7.11 Å². The summed E-state index contributed by atoms with van der Waals surface area (Å²) in [6, 6.07) is 7.81. The lowest BCUT2D eigenvalue weighted by Crippen LogP contribution is -2.66. The summed E-state index contributed by atoms with van der Waals surface area (Å²) in [5.41, 5.74) is -0.974. The molecule has 2 aromatic carbocycles. The van der Waals surface area contributed by atoms with E-state index in [-0.39, 0.29) is 54.5 Å². The molecule has 12 nitrogen and oxygen atoms in total. The lowest BCUT2D eigenvalue weighted by molar-refractivity contribution is -0.160. The smallest absolute Gasteiger partial charge is 0.432 e. The Morgan fingerprint density at radius 3 is 2.05 bits per heavy atom. The van der Waals surface area contributed by atoms with Crippen LogP contribution in [0.2, 0.25) is 0 Å². The maximum Gasteiger partial charge on any atom is 0.432 e. The molecule has 2 aromatic rings. The van der Waals surface area contributed by atoms with Gasteiger partial charge >= 0.3 is 12.2 Å². The Morgan fingerprint density at radius 1 is 0.864 bits per heavy atom. The largest absolute Gasteiger partial charge is 0.497 e. The first-order valence-electron chi connectivity index (χ1n) is 14.3. The minimum atomic E-state index is -2.12. The van der Waals surface area contributed by atoms with Gasteiger partial charge in [-0.3, -0.25) is 4.79 Å². The van der Waals surface area contributed by atoms with E-state index in [2.05, 4.69) is 0 Å². The predicted octanol–water partition coefficient (Wildman–Crippen LogP) is 5.55. The van der Waals surface area contributed by atoms with Gasteiger partial charge in [-0.2, -0.15) is 10.0 Å². The molecule has 2 aliphatic heterocycles. The quantitative estimate of drug-likeness (QED) is 0.299. The van der Waals surface area contributed by atoms with Gasteiger partial charge in [0.15, 0.2) is 11.5 Å². The van der Waals surface area contributed by atoms with Crippen LogP contribution >= 0.6 is 0 Å². The summed E-state index contributed by atoms with van der Waals surface area (Å²) in [5.74, 6) is 0.452. The van der Waals surface area contributed by atoms with Crippen LogP contribution in [0.15, 0.2) is 42.5 Å². The highest BCUT2D eigenvalue weighted by atomic mass is 16.6. The van der Waals surface area contributed by atoms with Crippen LogP contribution in [0.25, 0.3) is 0 Å². The Bertz CT molecular complexity index is 1400. The maximum absolute atomic E-state index is 14.7. The molecule has 0 fully saturated rings. The molecular formula is C32H40N2O10. The van der Waals surface area contributed by atoms with Gasteiger partial charge in [-0.15, -0.1) is 0 Å². The van der Waals surface area contributed by atoms with Crippen molar-refractivity contribution >= 4 is 18.0 Å². The van der Waals surface area contributed by atoms with Crippen LogP contribution in [0.1, 0.15) is 55.2 Å². The van der Waals surface area contributed by atoms with E-state index in [1.807, 2.05) is 39.8 Å². The average molecular weight is 613 g/mol. The predicted molar refractivity (Wildman–Crippen MR) is 159 cm³/mol. The third kappa shape index (κ3) is 5.99. The molecule has 0 unspecified atom stereocenters. The number of rotatable bonds is 11. The fourth-order valence-electron chi connectivity index (χ4n) is 4.98. The molecule has 0 aromatic heterocycles. The number of carbonyl (C=O) groups excluding carboxylic acids is 3. The maximum atomic E-state index is 14.7. The zero-order chi connectivity index (χ0) is 32.2. The molecule has 0 saturated carbocycles. The molecule has 2 atom stereocenters. The second-order valence-electron chi connectivity index (χ2n) is 11.2. The van der Waals surface area contributed by atoms with Gasteiger partial charge in [-0.1, -0.05) is 45.9 Å². The number of nitrogens with zero attached hydrogens (tertiary/aromatic N) is 2. The highest BCUT2D eigenvalue weighted by Gasteiger charge is 2.60. The Kier molecular flexibility index (Phi) is 9.93. The van der Waals surface area contributed by atoms with Gasteiger partial charge in [0.05, 0.1) is 40.1 Å². The van der Waals surface area contributed by atoms with Crippen molar-refractivity contribution in [3.8, 4) is 23.0 Å². The molecule has 2 amide bonds. The molecule has 0 radical (unpaired) electrons. The SMILES string of the molecule is COc1ccc(COc2c(OC)c(OC)cc3c2C(=O)[C@]2(OC)C=C[C@H]3N(C(=O)OCC(C)C)N2C(=O)OCC(C)C)cc1. The van der Waals surface area contributed by atoms with E-state index in [1.54, 1.807) is 31.4 Å². The van der Waals surface area contributed by atoms with Crippen molar-refractivity contribution in [2.75, 3.05) is 41.7 Å². The molecule has 0 spiro atoms. The standard InChI is InChI=1S/C32H40N2O10/c1-19(2)16-43-30(36)33-24-13-14-32(41-8,34(33)31(37)44-17-20(3)4)29(35)26-23(24)15-25(39-6)27(40-7)28(26)42-18-21-9-11-22(38-5)12-10-21/h9-15,19-20,24H,16-18H2,1-8H3/t24-,32-/m1/s1. The minimum absolute atomic E-state index is 0.00705. The normalized spacial score (nSPS) is 18.7. The first-order chi connectivity index (χ1) is 21.0. The van der Waals surface area contributed by atoms with Crippen LogP contribution in [0.5, 0.6) is 23.0 Å². The number of amides is 2. The lowest BCUT2D eigenvalue weighted by atomic mass is 9.95. The van der Waals surface area contributed by atoms with E-state index >= 15 is 0 Å². The zero-order valence-corrected chi connectivity index (χ0v) is 26.4. The number of ketones is 1. The zero-order valence-electron chi connectivity index (χ0n) is 26.4. The van der Waals surface area contributed by atoms with E-state index in [0.717, 1.165) is 15.6 Å². The van der Waals surface area contributed by atoms with Crippen molar-refractivity contribution in [2.24, 2.45) is 11.8 Å². The van der Waals surface area contributed by atoms with Crippen LogP contribution in [-0.2, 0) is 20.8 Å². The Balaban J connectivity index is 1.92. The number of carbonyl (C=O) groups is 3. The summed E-state index contributed by atoms with van der Waals surface area (Å²) in [5, 5.41) is 1.94. The molecule has 2 heterocycles. The van der Waals surface area contributed by atoms with Crippen LogP contribution in [0, 0.1) is 11.8 Å². The van der Waals surface area contributed by atoms with Crippen molar-refractivity contribution in [3.05, 3.63) is 59.2 Å². The van der Waals surface area contributed by atoms with Gasteiger partial charge < -0.3 is 33.2 Å². The first-order valence-corrected chi connectivity index (χ1v) is 14.3. The van der Waals surface area contributed by atoms with Crippen molar-refractivity contribution in [3.63, 3.8) is 0 Å². The molecule has 2 bridgehead atoms. The van der Waals surface area contributed by atoms with Crippen molar-refractivity contribution in [2.45, 2.75) is 46.1 Å². The number of benzene rings is 2. The summed E-state index contributed by atoms with van der Waals surface area (Å²) in [6.45, 7) is 7.67. The Morgan fingerprint density at radius 2 is 1.50 bits per heavy atom. The van der Waals surface area contributed by atoms with Crippen LogP contribution in [0.4, 0.5) is 9.59 Å². The van der Waals surface area contributed by atoms with E-state index in [1.165, 1.54) is 27.4 Å². The number of fused-ring (bicyclic) bond motifs is 1. The number of methoxy groups -OCH3 is 4. The number of hydrazine groups is 1. The second-order valence-corrected chi connectivity index (χ2v) is 11.2. The molecule has 0 N–H and O–H groups in total. The van der Waals surface area contributed by atoms with Gasteiger partial charge in [-0.05, 0) is 47.2 Å². The molecule has 5 rings (SSSR count). The van der Waals surface area contributed by atoms with E-state index in [0.29, 0.717) is 11.3 Å². The van der Waals surface area contributed by atoms with Gasteiger partial charge in [0.1, 0.15) is 18.4 Å². The van der Waals surface area contributed by atoms with Gasteiger partial charge in [0.2, 0.25) is 17.3 Å². The van der Waals surface area contributed by atoms with Gasteiger partial charge in [0.25, 0.3) is 0 Å². The highest BCUT2D eigenvalue weighted by Crippen LogP contribution is 2.52. The number of hydrogen-bond acceptors (Lipinski definition) is 10. The lowest BCUT2D eigenvalue weighted by Gasteiger charge is -2.46. The van der Waals surface area contributed by atoms with Crippen LogP contribution < -0.4 is 18.9 Å². The first kappa shape index (κ1) is 32.5. The molecule has 238 valence electrons. The summed E-state index contributed by atoms with van der Waals surface area (Å²) >= 11 is 0. The minimum Gasteiger partial charge on any atom is -0.497 e. The summed E-state index contributed by atoms with van der Waals surface area (Å²) in [4.78, 5) is 42.2. The molecule has 1 aliphatic carbocycles. The fraction of sp³-hybridized carbons (Fsp3) is 0.469. The molecule has 44 heavy (non-hydrogen) atoms.